The Bertz CT molecular complexity index is 906. The van der Waals surface area contributed by atoms with Gasteiger partial charge in [0.05, 0.1) is 6.61 Å². The summed E-state index contributed by atoms with van der Waals surface area (Å²) in [4.78, 5) is 51.2. The number of rotatable bonds is 8. The van der Waals surface area contributed by atoms with Crippen molar-refractivity contribution in [1.29, 1.82) is 0 Å². The summed E-state index contributed by atoms with van der Waals surface area (Å²) in [5.74, 6) is -1.42. The second kappa shape index (κ2) is 8.70. The third-order valence-electron chi connectivity index (χ3n) is 3.96. The highest BCUT2D eigenvalue weighted by atomic mass is 31.2. The molecule has 2 rings (SSSR count). The molecule has 5 atom stereocenters. The monoisotopic (exact) mass is 444 g/mol. The van der Waals surface area contributed by atoms with Gasteiger partial charge in [-0.15, -0.1) is 0 Å². The predicted molar refractivity (Wildman–Crippen MR) is 93.9 cm³/mol. The lowest BCUT2D eigenvalue weighted by molar-refractivity contribution is -0.0530. The van der Waals surface area contributed by atoms with Crippen LogP contribution in [0, 0.1) is 0 Å². The standard InChI is InChI=1S/C13H22N2O11P2/c1-2-4-14-9(16)3-5-15(13(14)19)12-11(18)10(17)8(26-12)6-25-28(23,24)7-27(20,21)22/h3,5,8,10-12,17-18H,2,4,6-7H2,1H3,(H,23,24)(H2,20,21,22)/t8-,10?,11?,12-/m1/s1. The summed E-state index contributed by atoms with van der Waals surface area (Å²) < 4.78 is 34.3. The Balaban J connectivity index is 2.18. The Labute approximate surface area is 158 Å². The van der Waals surface area contributed by atoms with Crippen molar-refractivity contribution in [2.45, 2.75) is 44.4 Å². The van der Waals surface area contributed by atoms with Crippen LogP contribution in [-0.4, -0.2) is 64.8 Å². The molecular weight excluding hydrogens is 422 g/mol. The first-order valence-electron chi connectivity index (χ1n) is 8.21. The summed E-state index contributed by atoms with van der Waals surface area (Å²) in [5.41, 5.74) is -1.32. The summed E-state index contributed by atoms with van der Waals surface area (Å²) in [6.45, 7) is 1.12. The van der Waals surface area contributed by atoms with Gasteiger partial charge < -0.3 is 34.2 Å². The van der Waals surface area contributed by atoms with Crippen LogP contribution in [-0.2, 0) is 24.9 Å². The molecule has 28 heavy (non-hydrogen) atoms. The van der Waals surface area contributed by atoms with E-state index in [1.165, 1.54) is 0 Å². The molecule has 1 saturated heterocycles. The summed E-state index contributed by atoms with van der Waals surface area (Å²) in [7, 11) is -9.52. The molecule has 0 spiro atoms. The molecule has 0 saturated carbocycles. The van der Waals surface area contributed by atoms with E-state index in [0.717, 1.165) is 21.4 Å². The molecule has 5 N–H and O–H groups in total. The SMILES string of the molecule is CCCn1c(=O)ccn([C@@H]2O[C@H](COP(=O)(O)CP(=O)(O)O)C(O)C2O)c1=O. The lowest BCUT2D eigenvalue weighted by Gasteiger charge is -2.19. The zero-order valence-electron chi connectivity index (χ0n) is 14.8. The van der Waals surface area contributed by atoms with E-state index in [4.69, 9.17) is 14.5 Å². The number of hydrogen-bond acceptors (Lipinski definition) is 8. The number of aliphatic hydroxyl groups is 2. The van der Waals surface area contributed by atoms with Crippen molar-refractivity contribution in [2.24, 2.45) is 0 Å². The smallest absolute Gasteiger partial charge is 0.340 e. The third-order valence-corrected chi connectivity index (χ3v) is 7.41. The second-order valence-corrected chi connectivity index (χ2v) is 10.3. The van der Waals surface area contributed by atoms with Crippen LogP contribution in [0.2, 0.25) is 0 Å². The fourth-order valence-corrected chi connectivity index (χ4v) is 5.28. The van der Waals surface area contributed by atoms with Crippen LogP contribution in [0.15, 0.2) is 21.9 Å². The van der Waals surface area contributed by atoms with Crippen molar-refractivity contribution in [3.8, 4) is 0 Å². The topological polar surface area (TPSA) is 198 Å². The molecule has 0 bridgehead atoms. The van der Waals surface area contributed by atoms with Gasteiger partial charge in [0.2, 0.25) is 0 Å². The van der Waals surface area contributed by atoms with Crippen molar-refractivity contribution >= 4 is 15.2 Å². The first-order valence-corrected chi connectivity index (χ1v) is 11.8. The van der Waals surface area contributed by atoms with Crippen molar-refractivity contribution in [1.82, 2.24) is 9.13 Å². The molecule has 3 unspecified atom stereocenters. The molecule has 0 radical (unpaired) electrons. The first-order chi connectivity index (χ1) is 12.9. The van der Waals surface area contributed by atoms with Crippen molar-refractivity contribution in [3.63, 3.8) is 0 Å². The number of hydrogen-bond donors (Lipinski definition) is 5. The number of ether oxygens (including phenoxy) is 1. The average Bonchev–Trinajstić information content (AvgIpc) is 2.83. The van der Waals surface area contributed by atoms with Crippen LogP contribution in [0.5, 0.6) is 0 Å². The zero-order valence-corrected chi connectivity index (χ0v) is 16.6. The lowest BCUT2D eigenvalue weighted by Crippen LogP contribution is -2.43. The molecule has 1 aromatic rings. The summed E-state index contributed by atoms with van der Waals surface area (Å²) in [6.07, 6.45) is -4.43. The van der Waals surface area contributed by atoms with Gasteiger partial charge in [0, 0.05) is 18.8 Å². The largest absolute Gasteiger partial charge is 0.387 e. The minimum atomic E-state index is -4.83. The normalized spacial score (nSPS) is 27.6. The molecule has 0 aromatic carbocycles. The van der Waals surface area contributed by atoms with Crippen LogP contribution in [0.25, 0.3) is 0 Å². The Hall–Kier alpha value is -1.14. The Morgan fingerprint density at radius 3 is 2.39 bits per heavy atom. The van der Waals surface area contributed by atoms with Crippen LogP contribution < -0.4 is 11.2 Å². The van der Waals surface area contributed by atoms with E-state index in [-0.39, 0.29) is 6.54 Å². The van der Waals surface area contributed by atoms with Crippen molar-refractivity contribution < 1.29 is 43.3 Å². The van der Waals surface area contributed by atoms with E-state index in [1.54, 1.807) is 6.92 Å². The van der Waals surface area contributed by atoms with Crippen LogP contribution in [0.3, 0.4) is 0 Å². The van der Waals surface area contributed by atoms with Gasteiger partial charge in [0.1, 0.15) is 18.3 Å². The quantitative estimate of drug-likeness (QED) is 0.289. The molecule has 0 aliphatic carbocycles. The van der Waals surface area contributed by atoms with Crippen LogP contribution in [0.1, 0.15) is 19.6 Å². The third kappa shape index (κ3) is 5.47. The van der Waals surface area contributed by atoms with Crippen molar-refractivity contribution in [3.05, 3.63) is 33.1 Å². The zero-order chi connectivity index (χ0) is 21.3. The fourth-order valence-electron chi connectivity index (χ4n) is 2.71. The van der Waals surface area contributed by atoms with Gasteiger partial charge in [-0.25, -0.2) is 4.79 Å². The molecule has 15 heteroatoms. The first kappa shape index (κ1) is 23.1. The fraction of sp³-hybridized carbons (Fsp3) is 0.692. The van der Waals surface area contributed by atoms with Gasteiger partial charge in [-0.1, -0.05) is 6.92 Å². The summed E-state index contributed by atoms with van der Waals surface area (Å²) >= 11 is 0. The molecule has 13 nitrogen and oxygen atoms in total. The highest BCUT2D eigenvalue weighted by Gasteiger charge is 2.45. The van der Waals surface area contributed by atoms with Gasteiger partial charge in [-0.05, 0) is 6.42 Å². The molecule has 1 fully saturated rings. The van der Waals surface area contributed by atoms with Gasteiger partial charge in [0.15, 0.2) is 12.1 Å². The van der Waals surface area contributed by atoms with Gasteiger partial charge >= 0.3 is 20.9 Å². The Morgan fingerprint density at radius 1 is 1.18 bits per heavy atom. The highest BCUT2D eigenvalue weighted by Crippen LogP contribution is 2.55. The number of aromatic nitrogens is 2. The lowest BCUT2D eigenvalue weighted by atomic mass is 10.1. The highest BCUT2D eigenvalue weighted by molar-refractivity contribution is 7.70. The minimum absolute atomic E-state index is 0.131. The average molecular weight is 444 g/mol. The van der Waals surface area contributed by atoms with E-state index in [9.17, 15) is 33.8 Å². The van der Waals surface area contributed by atoms with E-state index >= 15 is 0 Å². The minimum Gasteiger partial charge on any atom is -0.387 e. The molecule has 1 aromatic heterocycles. The second-order valence-electron chi connectivity index (χ2n) is 6.28. The Morgan fingerprint density at radius 2 is 1.82 bits per heavy atom. The molecule has 160 valence electrons. The Kier molecular flexibility index (Phi) is 7.19. The molecule has 0 amide bonds. The summed E-state index contributed by atoms with van der Waals surface area (Å²) in [6, 6.07) is 1.09. The molecular formula is C13H22N2O11P2. The predicted octanol–water partition coefficient (Wildman–Crippen LogP) is -1.62. The van der Waals surface area contributed by atoms with Gasteiger partial charge in [0.25, 0.3) is 5.56 Å². The van der Waals surface area contributed by atoms with Crippen LogP contribution in [0.4, 0.5) is 0 Å². The maximum absolute atomic E-state index is 12.5. The number of nitrogens with zero attached hydrogens (tertiary/aromatic N) is 2. The van der Waals surface area contributed by atoms with E-state index < -0.39 is 63.5 Å². The van der Waals surface area contributed by atoms with Gasteiger partial charge in [-0.2, -0.15) is 0 Å². The molecule has 1 aliphatic rings. The van der Waals surface area contributed by atoms with E-state index in [1.807, 2.05) is 0 Å². The summed E-state index contributed by atoms with van der Waals surface area (Å²) in [5, 5.41) is 20.3. The van der Waals surface area contributed by atoms with Crippen LogP contribution >= 0.6 is 15.2 Å². The maximum atomic E-state index is 12.5. The number of aliphatic hydroxyl groups excluding tert-OH is 2. The van der Waals surface area contributed by atoms with Gasteiger partial charge in [-0.3, -0.25) is 23.1 Å². The molecule has 1 aliphatic heterocycles. The van der Waals surface area contributed by atoms with E-state index in [2.05, 4.69) is 4.52 Å². The maximum Gasteiger partial charge on any atom is 0.340 e. The van der Waals surface area contributed by atoms with Crippen molar-refractivity contribution in [2.75, 3.05) is 12.5 Å². The molecule has 2 heterocycles. The van der Waals surface area contributed by atoms with E-state index in [0.29, 0.717) is 6.42 Å².